The van der Waals surface area contributed by atoms with E-state index in [4.69, 9.17) is 25.6 Å². The van der Waals surface area contributed by atoms with Crippen LogP contribution in [0.15, 0.2) is 0 Å². The lowest BCUT2D eigenvalue weighted by molar-refractivity contribution is -0.870. The summed E-state index contributed by atoms with van der Waals surface area (Å²) in [6.07, 6.45) is 8.78. The molecule has 0 rings (SSSR count). The van der Waals surface area contributed by atoms with Gasteiger partial charge in [0.15, 0.2) is 0 Å². The Labute approximate surface area is 164 Å². The van der Waals surface area contributed by atoms with Crippen LogP contribution in [0.2, 0.25) is 0 Å². The summed E-state index contributed by atoms with van der Waals surface area (Å²) < 4.78 is 17.0. The number of quaternary nitrogens is 1. The normalized spacial score (nSPS) is 14.3. The molecule has 0 aliphatic heterocycles. The second-order valence-electron chi connectivity index (χ2n) is 7.24. The topological polar surface area (TPSA) is 44.8 Å². The Bertz CT molecular complexity index is 403. The monoisotopic (exact) mass is 414 g/mol. The number of rotatable bonds is 16. The first-order valence-electron chi connectivity index (χ1n) is 9.24. The number of nitrogens with zero attached hydrogens (tertiary/aromatic N) is 1. The van der Waals surface area contributed by atoms with Crippen LogP contribution in [0.4, 0.5) is 0 Å². The largest absolute Gasteiger partial charge is 0.463 e. The van der Waals surface area contributed by atoms with Crippen molar-refractivity contribution in [2.24, 2.45) is 0 Å². The average molecular weight is 415 g/mol. The number of unbranched alkanes of at least 4 members (excludes halogenated alkanes) is 6. The van der Waals surface area contributed by atoms with Crippen molar-refractivity contribution in [2.75, 3.05) is 47.5 Å². The molecular formula is C17H37NO4PS2+. The summed E-state index contributed by atoms with van der Waals surface area (Å²) in [5.74, 6) is -0.171. The minimum absolute atomic E-state index is 0.171. The van der Waals surface area contributed by atoms with Crippen LogP contribution in [0.5, 0.6) is 0 Å². The van der Waals surface area contributed by atoms with Gasteiger partial charge in [0, 0.05) is 6.42 Å². The van der Waals surface area contributed by atoms with Crippen molar-refractivity contribution in [1.29, 1.82) is 0 Å². The van der Waals surface area contributed by atoms with Crippen LogP contribution in [0.3, 0.4) is 0 Å². The molecule has 0 amide bonds. The van der Waals surface area contributed by atoms with Crippen LogP contribution in [-0.2, 0) is 30.4 Å². The van der Waals surface area contributed by atoms with E-state index in [1.807, 2.05) is 0 Å². The van der Waals surface area contributed by atoms with Crippen molar-refractivity contribution in [3.63, 3.8) is 0 Å². The number of carbonyl (C=O) groups excluding carboxylic acids is 1. The minimum atomic E-state index is -2.55. The molecule has 0 aliphatic rings. The van der Waals surface area contributed by atoms with E-state index in [-0.39, 0.29) is 19.2 Å². The van der Waals surface area contributed by atoms with Crippen molar-refractivity contribution >= 4 is 35.7 Å². The molecule has 0 saturated heterocycles. The van der Waals surface area contributed by atoms with E-state index in [1.165, 1.54) is 32.1 Å². The van der Waals surface area contributed by atoms with Crippen LogP contribution >= 0.6 is 17.9 Å². The number of esters is 1. The quantitative estimate of drug-likeness (QED) is 0.132. The fraction of sp³-hybridized carbons (Fsp3) is 0.941. The zero-order valence-corrected chi connectivity index (χ0v) is 19.0. The van der Waals surface area contributed by atoms with Crippen molar-refractivity contribution in [3.8, 4) is 0 Å². The first-order valence-corrected chi connectivity index (χ1v) is 13.0. The van der Waals surface area contributed by atoms with Crippen molar-refractivity contribution < 1.29 is 23.1 Å². The molecule has 0 saturated carbocycles. The number of carbonyl (C=O) groups is 1. The van der Waals surface area contributed by atoms with E-state index < -0.39 is 5.69 Å². The average Bonchev–Trinajstić information content (AvgIpc) is 2.49. The smallest absolute Gasteiger partial charge is 0.305 e. The lowest BCUT2D eigenvalue weighted by atomic mass is 10.1. The van der Waals surface area contributed by atoms with E-state index in [0.29, 0.717) is 13.0 Å². The van der Waals surface area contributed by atoms with Gasteiger partial charge in [0.25, 0.3) is 0 Å². The third-order valence-corrected chi connectivity index (χ3v) is 5.94. The summed E-state index contributed by atoms with van der Waals surface area (Å²) in [6, 6.07) is 0. The van der Waals surface area contributed by atoms with Crippen LogP contribution in [0.1, 0.15) is 58.3 Å². The third-order valence-electron chi connectivity index (χ3n) is 3.60. The van der Waals surface area contributed by atoms with Gasteiger partial charge in [-0.1, -0.05) is 57.7 Å². The highest BCUT2D eigenvalue weighted by atomic mass is 32.9. The predicted molar refractivity (Wildman–Crippen MR) is 112 cm³/mol. The standard InChI is InChI=1S/C17H36NO4PS2/c1-5-6-7-8-9-10-11-12-17(19)20-15-16-22-23(24,25)21-14-13-18(2,3)4/h5-16H2,1-4H3/p+1. The van der Waals surface area contributed by atoms with E-state index in [2.05, 4.69) is 40.3 Å². The molecule has 8 heteroatoms. The predicted octanol–water partition coefficient (Wildman–Crippen LogP) is 4.56. The minimum Gasteiger partial charge on any atom is -0.463 e. The van der Waals surface area contributed by atoms with E-state index in [1.54, 1.807) is 0 Å². The van der Waals surface area contributed by atoms with Crippen LogP contribution in [0, 0.1) is 0 Å². The van der Waals surface area contributed by atoms with E-state index in [9.17, 15) is 4.79 Å². The van der Waals surface area contributed by atoms with Gasteiger partial charge in [-0.05, 0) is 18.2 Å². The number of ether oxygens (including phenoxy) is 1. The van der Waals surface area contributed by atoms with Crippen LogP contribution in [0.25, 0.3) is 0 Å². The first-order chi connectivity index (χ1) is 11.7. The summed E-state index contributed by atoms with van der Waals surface area (Å²) in [5.41, 5.74) is -2.55. The van der Waals surface area contributed by atoms with Gasteiger partial charge in [-0.25, -0.2) is 0 Å². The molecule has 0 fully saturated rings. The SMILES string of the molecule is CCCCCCCCCC(=O)OCCOP(=S)(S)OCC[N+](C)(C)C. The summed E-state index contributed by atoms with van der Waals surface area (Å²) in [5, 5.41) is 0. The second-order valence-corrected chi connectivity index (χ2v) is 12.5. The maximum absolute atomic E-state index is 11.6. The molecular weight excluding hydrogens is 377 g/mol. The molecule has 0 bridgehead atoms. The number of hydrogen-bond acceptors (Lipinski definition) is 5. The first kappa shape index (κ1) is 25.4. The highest BCUT2D eigenvalue weighted by Gasteiger charge is 2.16. The molecule has 0 aliphatic carbocycles. The molecule has 0 aromatic rings. The van der Waals surface area contributed by atoms with Crippen molar-refractivity contribution in [2.45, 2.75) is 58.3 Å². The lowest BCUT2D eigenvalue weighted by Crippen LogP contribution is -2.37. The molecule has 0 spiro atoms. The Morgan fingerprint density at radius 2 is 1.52 bits per heavy atom. The molecule has 5 nitrogen and oxygen atoms in total. The number of likely N-dealkylation sites (N-methyl/N-ethyl adjacent to an activating group) is 1. The van der Waals surface area contributed by atoms with Gasteiger partial charge in [-0.3, -0.25) is 4.79 Å². The molecule has 0 aromatic heterocycles. The molecule has 0 N–H and O–H groups in total. The lowest BCUT2D eigenvalue weighted by Gasteiger charge is -2.25. The van der Waals surface area contributed by atoms with Crippen LogP contribution < -0.4 is 0 Å². The molecule has 25 heavy (non-hydrogen) atoms. The molecule has 1 unspecified atom stereocenters. The molecule has 0 radical (unpaired) electrons. The number of hydrogen-bond donors (Lipinski definition) is 1. The zero-order valence-electron chi connectivity index (χ0n) is 16.4. The fourth-order valence-electron chi connectivity index (χ4n) is 2.07. The van der Waals surface area contributed by atoms with Gasteiger partial charge in [-0.15, -0.1) is 0 Å². The number of thiol groups is 1. The maximum atomic E-state index is 11.6. The third kappa shape index (κ3) is 18.9. The van der Waals surface area contributed by atoms with Crippen molar-refractivity contribution in [3.05, 3.63) is 0 Å². The Balaban J connectivity index is 3.59. The molecule has 1 atom stereocenters. The fourth-order valence-corrected chi connectivity index (χ4v) is 3.70. The van der Waals surface area contributed by atoms with Gasteiger partial charge >= 0.3 is 5.97 Å². The highest BCUT2D eigenvalue weighted by molar-refractivity contribution is 8.60. The zero-order chi connectivity index (χ0) is 19.2. The van der Waals surface area contributed by atoms with Gasteiger partial charge in [0.1, 0.15) is 19.8 Å². The highest BCUT2D eigenvalue weighted by Crippen LogP contribution is 2.53. The molecule has 0 aromatic carbocycles. The van der Waals surface area contributed by atoms with Gasteiger partial charge in [0.05, 0.1) is 27.7 Å². The Morgan fingerprint density at radius 3 is 2.12 bits per heavy atom. The summed E-state index contributed by atoms with van der Waals surface area (Å²) in [7, 11) is 6.24. The van der Waals surface area contributed by atoms with Gasteiger partial charge in [-0.2, -0.15) is 0 Å². The summed E-state index contributed by atoms with van der Waals surface area (Å²) >= 11 is 9.50. The maximum Gasteiger partial charge on any atom is 0.305 e. The summed E-state index contributed by atoms with van der Waals surface area (Å²) in [4.78, 5) is 11.6. The Hall–Kier alpha value is 0.350. The van der Waals surface area contributed by atoms with Crippen molar-refractivity contribution in [1.82, 2.24) is 0 Å². The second kappa shape index (κ2) is 14.4. The van der Waals surface area contributed by atoms with E-state index >= 15 is 0 Å². The van der Waals surface area contributed by atoms with Gasteiger partial charge < -0.3 is 18.3 Å². The van der Waals surface area contributed by atoms with Gasteiger partial charge in [0.2, 0.25) is 5.69 Å². The molecule has 0 heterocycles. The van der Waals surface area contributed by atoms with E-state index in [0.717, 1.165) is 23.9 Å². The molecule has 150 valence electrons. The summed E-state index contributed by atoms with van der Waals surface area (Å²) in [6.45, 7) is 3.97. The van der Waals surface area contributed by atoms with Crippen LogP contribution in [-0.4, -0.2) is 58.0 Å². The Kier molecular flexibility index (Phi) is 14.6. The Morgan fingerprint density at radius 1 is 0.960 bits per heavy atom.